The highest BCUT2D eigenvalue weighted by Crippen LogP contribution is 2.45. The number of amides is 1. The van der Waals surface area contributed by atoms with Gasteiger partial charge in [0.15, 0.2) is 0 Å². The van der Waals surface area contributed by atoms with E-state index in [4.69, 9.17) is 37.5 Å². The van der Waals surface area contributed by atoms with Gasteiger partial charge in [-0.1, -0.05) is 107 Å². The Hall–Kier alpha value is -13.6. The van der Waals surface area contributed by atoms with Crippen molar-refractivity contribution in [2.45, 2.75) is 55.0 Å². The number of aryl methyl sites for hydroxylation is 3. The number of carboxylic acid groups (broad SMARTS) is 2. The second-order valence-corrected chi connectivity index (χ2v) is 36.7. The fraction of sp³-hybridized carbons (Fsp3) is 0.198. The van der Waals surface area contributed by atoms with Gasteiger partial charge in [0.25, 0.3) is 26.0 Å². The second-order valence-electron chi connectivity index (χ2n) is 30.8. The first-order valence-electron chi connectivity index (χ1n) is 41.4. The Morgan fingerprint density at radius 1 is 0.573 bits per heavy atom. The molecule has 5 aromatic heterocycles. The molecule has 35 heteroatoms. The lowest BCUT2D eigenvalue weighted by Crippen LogP contribution is -2.44. The van der Waals surface area contributed by atoms with Crippen LogP contribution in [0, 0.1) is 20.8 Å². The van der Waals surface area contributed by atoms with Gasteiger partial charge in [0.1, 0.15) is 22.0 Å². The number of sulfonamides is 3. The molecule has 0 unspecified atom stereocenters. The molecule has 3 aliphatic rings. The molecule has 0 bridgehead atoms. The number of ether oxygens (including phenoxy) is 1. The summed E-state index contributed by atoms with van der Waals surface area (Å²) in [7, 11) is -5.77. The van der Waals surface area contributed by atoms with Gasteiger partial charge < -0.3 is 55.5 Å². The number of hydrogen-bond donors (Lipinski definition) is 9. The molecule has 1 aliphatic carbocycles. The Bertz CT molecular complexity index is 6990. The van der Waals surface area contributed by atoms with Crippen molar-refractivity contribution in [1.29, 1.82) is 0 Å². The number of anilines is 5. The Balaban J connectivity index is 0.000000157. The molecule has 7 heterocycles. The van der Waals surface area contributed by atoms with Crippen LogP contribution in [0.4, 0.5) is 28.4 Å². The first-order valence-corrected chi connectivity index (χ1v) is 46.6. The van der Waals surface area contributed by atoms with Crippen LogP contribution in [-0.2, 0) is 54.4 Å². The predicted molar refractivity (Wildman–Crippen MR) is 510 cm³/mol. The van der Waals surface area contributed by atoms with Crippen molar-refractivity contribution in [2.75, 3.05) is 111 Å². The molecule has 13 aromatic rings. The van der Waals surface area contributed by atoms with E-state index in [-0.39, 0.29) is 64.9 Å². The highest BCUT2D eigenvalue weighted by molar-refractivity contribution is 7.93. The molecule has 9 N–H and O–H groups in total. The van der Waals surface area contributed by atoms with E-state index in [9.17, 15) is 54.6 Å². The van der Waals surface area contributed by atoms with E-state index in [0.717, 1.165) is 103 Å². The molecule has 1 saturated heterocycles. The van der Waals surface area contributed by atoms with Crippen LogP contribution >= 0.6 is 23.2 Å². The third-order valence-electron chi connectivity index (χ3n) is 21.0. The van der Waals surface area contributed by atoms with Crippen molar-refractivity contribution in [2.24, 2.45) is 0 Å². The molecule has 0 atom stereocenters. The minimum Gasteiger partial charge on any atom is -0.871 e. The summed E-state index contributed by atoms with van der Waals surface area (Å²) < 4.78 is 95.7. The normalized spacial score (nSPS) is 12.8. The largest absolute Gasteiger partial charge is 0.871 e. The van der Waals surface area contributed by atoms with Crippen LogP contribution in [0.1, 0.15) is 54.5 Å². The average Bonchev–Trinajstić information content (AvgIpc) is 0.736. The number of fused-ring (bicyclic) bond motifs is 5. The minimum atomic E-state index is -3.82. The number of pyridine rings is 5. The number of benzene rings is 9. The lowest BCUT2D eigenvalue weighted by atomic mass is 9.89. The Labute approximate surface area is 767 Å². The van der Waals surface area contributed by atoms with Gasteiger partial charge in [0, 0.05) is 182 Å². The number of aliphatic carboxylic acids is 1. The van der Waals surface area contributed by atoms with Gasteiger partial charge in [0.05, 0.1) is 86.3 Å². The standard InChI is InChI=1S/C39H26Cl2N4O6.C21H35N7O2S.C19H18N2O4S.C17H16N2O3S/c40-31-16-29-35(18-33(31)46)51-36-19-34(47)32(41)17-30(36)37(29)27-12-7-22(15-28(27)39(49)50)38(48)44-23-8-10-26(11-9-23)45(20-24-5-1-3-13-42-24)21-25-6-2-4-14-43-25;1-27(2)19-6-7-25-21-18(19)4-3-5-20(21)31(29,30)26-14-17-28-15-12-23-10-8-22-9-11-24-13-16-28;1-12-3-7-16(8-4-12)26(24,25)21-17-10-14(11-18(22)23)9-15-6-5-13(2)20-19(15)17;1-12-5-7-15(8-6-12)23(20,21)19-16-11-14(22-2)10-13-4-3-9-18-17(13)16/h1-19,46H,20-21H2,(H,44,48)(H,49,50);3-7,22-24,26H,8-17H2,1-2H3;3-10,21H,11H2,1-2H3,(H,22,23);3-11,19H,1-2H3/p-1. The summed E-state index contributed by atoms with van der Waals surface area (Å²) in [5.41, 5.74) is 9.75. The second kappa shape index (κ2) is 43.2. The molecule has 8 aromatic carbocycles. The summed E-state index contributed by atoms with van der Waals surface area (Å²) in [5, 5.41) is 47.2. The van der Waals surface area contributed by atoms with E-state index in [0.29, 0.717) is 87.3 Å². The minimum absolute atomic E-state index is 0.0844. The van der Waals surface area contributed by atoms with Crippen molar-refractivity contribution in [3.63, 3.8) is 0 Å². The summed E-state index contributed by atoms with van der Waals surface area (Å²) >= 11 is 12.4. The topological polar surface area (TPSA) is 415 Å². The summed E-state index contributed by atoms with van der Waals surface area (Å²) in [6.45, 7) is 15.0. The molecular weight excluding hydrogens is 1770 g/mol. The number of carboxylic acids is 2. The lowest BCUT2D eigenvalue weighted by molar-refractivity contribution is -0.268. The zero-order valence-electron chi connectivity index (χ0n) is 72.1. The molecule has 30 nitrogen and oxygen atoms in total. The highest BCUT2D eigenvalue weighted by atomic mass is 35.5. The fourth-order valence-corrected chi connectivity index (χ4v) is 18.1. The van der Waals surface area contributed by atoms with Crippen molar-refractivity contribution in [1.82, 2.24) is 50.5 Å². The van der Waals surface area contributed by atoms with Crippen LogP contribution in [-0.4, -0.2) is 170 Å². The summed E-state index contributed by atoms with van der Waals surface area (Å²) in [6.07, 6.45) is 6.56. The Morgan fingerprint density at radius 3 is 1.79 bits per heavy atom. The van der Waals surface area contributed by atoms with Crippen LogP contribution in [0.3, 0.4) is 0 Å². The number of nitrogens with zero attached hydrogens (tertiary/aromatic N) is 8. The third-order valence-corrected chi connectivity index (χ3v) is 25.9. The van der Waals surface area contributed by atoms with Gasteiger partial charge in [-0.3, -0.25) is 53.6 Å². The maximum atomic E-state index is 13.5. The van der Waals surface area contributed by atoms with E-state index in [1.54, 1.807) is 116 Å². The summed E-state index contributed by atoms with van der Waals surface area (Å²) in [6, 6.07) is 62.3. The van der Waals surface area contributed by atoms with Crippen molar-refractivity contribution in [3.8, 4) is 33.9 Å². The van der Waals surface area contributed by atoms with Crippen molar-refractivity contribution >= 4 is 143 Å². The molecule has 2 aliphatic heterocycles. The van der Waals surface area contributed by atoms with Crippen LogP contribution in [0.2, 0.25) is 10.0 Å². The van der Waals surface area contributed by atoms with E-state index < -0.39 is 59.1 Å². The quantitative estimate of drug-likeness (QED) is 0.0254. The number of rotatable bonds is 24. The number of carbonyl (C=O) groups is 3. The van der Waals surface area contributed by atoms with Gasteiger partial charge >= 0.3 is 11.9 Å². The molecule has 0 saturated carbocycles. The first-order chi connectivity index (χ1) is 62.9. The van der Waals surface area contributed by atoms with Gasteiger partial charge in [-0.05, 0) is 177 Å². The number of nitrogens with one attached hydrogen (secondary N) is 7. The van der Waals surface area contributed by atoms with Crippen LogP contribution in [0.15, 0.2) is 273 Å². The summed E-state index contributed by atoms with van der Waals surface area (Å²) in [5.74, 6) is -2.70. The van der Waals surface area contributed by atoms with E-state index in [1.165, 1.54) is 67.8 Å². The molecular formula is C96H94Cl2N15O15S3-. The van der Waals surface area contributed by atoms with Gasteiger partial charge in [-0.25, -0.2) is 34.8 Å². The van der Waals surface area contributed by atoms with Crippen LogP contribution < -0.4 is 60.5 Å². The molecule has 1 amide bonds. The van der Waals surface area contributed by atoms with E-state index >= 15 is 0 Å². The third kappa shape index (κ3) is 24.7. The maximum Gasteiger partial charge on any atom is 0.336 e. The fourth-order valence-electron chi connectivity index (χ4n) is 14.5. The average molecular weight is 1870 g/mol. The highest BCUT2D eigenvalue weighted by Gasteiger charge is 2.27. The molecule has 131 heavy (non-hydrogen) atoms. The lowest BCUT2D eigenvalue weighted by Gasteiger charge is -2.24. The zero-order chi connectivity index (χ0) is 93.1. The van der Waals surface area contributed by atoms with Gasteiger partial charge in [-0.2, -0.15) is 0 Å². The summed E-state index contributed by atoms with van der Waals surface area (Å²) in [4.78, 5) is 78.5. The number of halogens is 2. The van der Waals surface area contributed by atoms with Crippen molar-refractivity contribution < 1.29 is 64.1 Å². The van der Waals surface area contributed by atoms with Gasteiger partial charge in [-0.15, -0.1) is 0 Å². The number of aromatic nitrogens is 5. The molecule has 676 valence electrons. The molecule has 1 fully saturated rings. The van der Waals surface area contributed by atoms with E-state index in [1.807, 2.05) is 113 Å². The Morgan fingerprint density at radius 2 is 1.18 bits per heavy atom. The maximum absolute atomic E-state index is 13.5. The number of para-hydroxylation sites is 1. The first kappa shape index (κ1) is 95.0. The van der Waals surface area contributed by atoms with E-state index in [2.05, 4.69) is 70.2 Å². The molecule has 0 spiro atoms. The van der Waals surface area contributed by atoms with Gasteiger partial charge in [0.2, 0.25) is 15.5 Å². The number of carbonyl (C=O) groups excluding carboxylic acids is 1. The molecule has 0 radical (unpaired) electrons. The molecule has 16 rings (SSSR count). The zero-order valence-corrected chi connectivity index (χ0v) is 76.1. The number of methoxy groups -OCH3 is 1. The van der Waals surface area contributed by atoms with Crippen LogP contribution in [0.25, 0.3) is 66.1 Å². The monoisotopic (exact) mass is 1860 g/mol. The SMILES string of the molecule is CN(C)c1ccnc2c(S(=O)(=O)NCCN3CCNCCNCCNCC3)cccc12.COc1cc(NS(=O)(=O)c2ccc(C)cc2)c2ncccc2c1.Cc1ccc(S(=O)(=O)Nc2cc(CC(=O)O)cc3ccc(C)nc23)cc1.O=C(Nc1ccc(N(Cc2ccccn2)Cc2ccccn2)cc1)c1ccc(-c2c3cc(Cl)c(=O)cc-3oc3cc([O-])c(Cl)cc23)c(C(=O)O)c1. The number of aromatic carboxylic acids is 1. The Kier molecular flexibility index (Phi) is 31.4. The smallest absolute Gasteiger partial charge is 0.336 e. The predicted octanol–water partition coefficient (Wildman–Crippen LogP) is 14.2. The van der Waals surface area contributed by atoms with Crippen molar-refractivity contribution in [3.05, 3.63) is 314 Å². The van der Waals surface area contributed by atoms with Crippen LogP contribution in [0.5, 0.6) is 11.5 Å². The number of hydrogen-bond acceptors (Lipinski definition) is 24.